The number of halogens is 1. The molecule has 0 fully saturated rings. The lowest BCUT2D eigenvalue weighted by Crippen LogP contribution is -2.54. The van der Waals surface area contributed by atoms with Gasteiger partial charge in [0.1, 0.15) is 17.8 Å². The van der Waals surface area contributed by atoms with E-state index >= 15 is 0 Å². The number of phenolic OH excluding ortho intramolecular Hbond substituents is 1. The number of benzene rings is 2. The second-order valence-corrected chi connectivity index (χ2v) is 10.9. The van der Waals surface area contributed by atoms with Gasteiger partial charge in [-0.05, 0) is 54.2 Å². The summed E-state index contributed by atoms with van der Waals surface area (Å²) >= 11 is 3.34. The minimum Gasteiger partial charge on any atom is -0.508 e. The average molecular weight is 635 g/mol. The molecule has 12 nitrogen and oxygen atoms in total. The summed E-state index contributed by atoms with van der Waals surface area (Å²) in [5.74, 6) is -3.66. The quantitative estimate of drug-likeness (QED) is 0.148. The van der Waals surface area contributed by atoms with Gasteiger partial charge in [-0.3, -0.25) is 19.2 Å². The van der Waals surface area contributed by atoms with Crippen LogP contribution in [0.5, 0.6) is 5.75 Å². The number of carboxylic acids is 1. The second-order valence-electron chi connectivity index (χ2n) is 9.95. The van der Waals surface area contributed by atoms with Gasteiger partial charge in [0.15, 0.2) is 0 Å². The van der Waals surface area contributed by atoms with E-state index in [4.69, 9.17) is 5.73 Å². The number of hydrogen-bond donors (Lipinski definition) is 7. The number of amides is 4. The molecule has 0 radical (unpaired) electrons. The molecule has 0 aliphatic rings. The second kappa shape index (κ2) is 16.3. The highest BCUT2D eigenvalue weighted by molar-refractivity contribution is 9.10. The maximum absolute atomic E-state index is 13.0. The van der Waals surface area contributed by atoms with Crippen molar-refractivity contribution in [3.63, 3.8) is 0 Å². The summed E-state index contributed by atoms with van der Waals surface area (Å²) in [7, 11) is 0. The topological polar surface area (TPSA) is 200 Å². The largest absolute Gasteiger partial charge is 0.508 e. The number of carbonyl (C=O) groups excluding carboxylic acids is 4. The van der Waals surface area contributed by atoms with Crippen LogP contribution in [0.3, 0.4) is 0 Å². The van der Waals surface area contributed by atoms with Gasteiger partial charge in [-0.2, -0.15) is 0 Å². The van der Waals surface area contributed by atoms with Crippen LogP contribution in [0.2, 0.25) is 0 Å². The Hall–Kier alpha value is -3.97. The van der Waals surface area contributed by atoms with Crippen LogP contribution in [-0.4, -0.2) is 71.0 Å². The monoisotopic (exact) mass is 633 g/mol. The Morgan fingerprint density at radius 3 is 1.93 bits per heavy atom. The van der Waals surface area contributed by atoms with Crippen molar-refractivity contribution >= 4 is 45.5 Å². The fourth-order valence-corrected chi connectivity index (χ4v) is 4.06. The number of nitrogens with one attached hydrogen (secondary N) is 4. The van der Waals surface area contributed by atoms with Gasteiger partial charge in [-0.1, -0.05) is 54.0 Å². The van der Waals surface area contributed by atoms with E-state index < -0.39 is 60.8 Å². The number of aliphatic carboxylic acids is 1. The van der Waals surface area contributed by atoms with Gasteiger partial charge >= 0.3 is 5.97 Å². The van der Waals surface area contributed by atoms with Crippen LogP contribution in [0.25, 0.3) is 0 Å². The molecule has 0 saturated carbocycles. The zero-order valence-corrected chi connectivity index (χ0v) is 24.4. The van der Waals surface area contributed by atoms with E-state index in [0.717, 1.165) is 15.6 Å². The molecule has 8 N–H and O–H groups in total. The summed E-state index contributed by atoms with van der Waals surface area (Å²) in [6, 6.07) is 10.1. The lowest BCUT2D eigenvalue weighted by atomic mass is 10.0. The number of nitrogens with two attached hydrogens (primary N) is 1. The smallest absolute Gasteiger partial charge is 0.326 e. The molecular formula is C28H36BrN5O7. The maximum atomic E-state index is 13.0. The van der Waals surface area contributed by atoms with Crippen molar-refractivity contribution in [1.82, 2.24) is 21.3 Å². The van der Waals surface area contributed by atoms with E-state index in [1.54, 1.807) is 36.4 Å². The van der Waals surface area contributed by atoms with Crippen LogP contribution >= 0.6 is 15.9 Å². The van der Waals surface area contributed by atoms with Crippen LogP contribution in [0.1, 0.15) is 31.4 Å². The van der Waals surface area contributed by atoms with Crippen LogP contribution in [-0.2, 0) is 36.8 Å². The Bertz CT molecular complexity index is 1210. The number of hydrogen-bond acceptors (Lipinski definition) is 7. The Morgan fingerprint density at radius 1 is 0.780 bits per heavy atom. The number of carbonyl (C=O) groups is 5. The molecule has 222 valence electrons. The molecule has 41 heavy (non-hydrogen) atoms. The first-order valence-electron chi connectivity index (χ1n) is 13.0. The third-order valence-corrected chi connectivity index (χ3v) is 6.45. The minimum absolute atomic E-state index is 0.00831. The summed E-state index contributed by atoms with van der Waals surface area (Å²) in [4.78, 5) is 61.7. The van der Waals surface area contributed by atoms with E-state index in [1.807, 2.05) is 13.8 Å². The summed E-state index contributed by atoms with van der Waals surface area (Å²) in [5, 5.41) is 28.7. The Balaban J connectivity index is 1.91. The molecular weight excluding hydrogens is 598 g/mol. The van der Waals surface area contributed by atoms with E-state index in [9.17, 15) is 34.2 Å². The first kappa shape index (κ1) is 33.2. The molecule has 2 aromatic rings. The van der Waals surface area contributed by atoms with Crippen molar-refractivity contribution in [1.29, 1.82) is 0 Å². The zero-order chi connectivity index (χ0) is 30.5. The number of carboxylic acid groups (broad SMARTS) is 1. The number of rotatable bonds is 15. The fourth-order valence-electron chi connectivity index (χ4n) is 3.79. The average Bonchev–Trinajstić information content (AvgIpc) is 2.91. The molecule has 0 aromatic heterocycles. The molecule has 3 unspecified atom stereocenters. The molecule has 0 bridgehead atoms. The van der Waals surface area contributed by atoms with Crippen molar-refractivity contribution in [3.05, 3.63) is 64.1 Å². The summed E-state index contributed by atoms with van der Waals surface area (Å²) in [5.41, 5.74) is 7.33. The van der Waals surface area contributed by atoms with Gasteiger partial charge in [-0.25, -0.2) is 4.79 Å². The van der Waals surface area contributed by atoms with Gasteiger partial charge in [-0.15, -0.1) is 0 Å². The highest BCUT2D eigenvalue weighted by Crippen LogP contribution is 2.13. The van der Waals surface area contributed by atoms with Crippen LogP contribution in [0.15, 0.2) is 53.0 Å². The molecule has 2 aromatic carbocycles. The summed E-state index contributed by atoms with van der Waals surface area (Å²) in [6.45, 7) is 2.76. The Kier molecular flexibility index (Phi) is 13.2. The zero-order valence-electron chi connectivity index (χ0n) is 22.9. The van der Waals surface area contributed by atoms with Crippen LogP contribution in [0.4, 0.5) is 0 Å². The van der Waals surface area contributed by atoms with Gasteiger partial charge in [0.25, 0.3) is 0 Å². The van der Waals surface area contributed by atoms with Gasteiger partial charge in [0.05, 0.1) is 19.1 Å². The third kappa shape index (κ3) is 12.4. The van der Waals surface area contributed by atoms with Crippen molar-refractivity contribution in [2.45, 2.75) is 51.2 Å². The van der Waals surface area contributed by atoms with Crippen LogP contribution < -0.4 is 27.0 Å². The Morgan fingerprint density at radius 2 is 1.34 bits per heavy atom. The SMILES string of the molecule is CC(C)CC(NC(=O)C(Cc1ccc(Br)cc1)NC(=O)CNC(=O)CNC(=O)C(N)Cc1ccc(O)cc1)C(=O)O. The number of phenols is 1. The molecule has 4 amide bonds. The minimum atomic E-state index is -1.18. The summed E-state index contributed by atoms with van der Waals surface area (Å²) in [6.07, 6.45) is 0.486. The van der Waals surface area contributed by atoms with E-state index in [1.165, 1.54) is 12.1 Å². The predicted molar refractivity (Wildman–Crippen MR) is 155 cm³/mol. The number of aromatic hydroxyl groups is 1. The standard InChI is InChI=1S/C28H36BrN5O7/c1-16(2)11-23(28(40)41)34-27(39)22(13-18-3-7-19(29)8-4-18)33-25(37)15-31-24(36)14-32-26(38)21(30)12-17-5-9-20(35)10-6-17/h3-10,16,21-23,35H,11-15,30H2,1-2H3,(H,31,36)(H,32,38)(H,33,37)(H,34,39)(H,40,41). The van der Waals surface area contributed by atoms with Gasteiger partial charge < -0.3 is 37.2 Å². The van der Waals surface area contributed by atoms with Crippen LogP contribution in [0, 0.1) is 5.92 Å². The molecule has 13 heteroatoms. The molecule has 0 heterocycles. The first-order chi connectivity index (χ1) is 19.3. The first-order valence-corrected chi connectivity index (χ1v) is 13.8. The van der Waals surface area contributed by atoms with E-state index in [0.29, 0.717) is 0 Å². The lowest BCUT2D eigenvalue weighted by molar-refractivity contribution is -0.142. The van der Waals surface area contributed by atoms with E-state index in [-0.39, 0.29) is 30.9 Å². The molecule has 0 spiro atoms. The molecule has 2 rings (SSSR count). The molecule has 3 atom stereocenters. The normalized spacial score (nSPS) is 13.0. The highest BCUT2D eigenvalue weighted by atomic mass is 79.9. The van der Waals surface area contributed by atoms with Crippen molar-refractivity contribution < 1.29 is 34.2 Å². The fraction of sp³-hybridized carbons (Fsp3) is 0.393. The predicted octanol–water partition coefficient (Wildman–Crippen LogP) is 0.600. The van der Waals surface area contributed by atoms with Gasteiger partial charge in [0.2, 0.25) is 23.6 Å². The molecule has 0 aliphatic heterocycles. The third-order valence-electron chi connectivity index (χ3n) is 5.92. The lowest BCUT2D eigenvalue weighted by Gasteiger charge is -2.22. The maximum Gasteiger partial charge on any atom is 0.326 e. The molecule has 0 aliphatic carbocycles. The summed E-state index contributed by atoms with van der Waals surface area (Å²) < 4.78 is 0.824. The Labute approximate surface area is 246 Å². The van der Waals surface area contributed by atoms with Crippen molar-refractivity contribution in [3.8, 4) is 5.75 Å². The van der Waals surface area contributed by atoms with E-state index in [2.05, 4.69) is 37.2 Å². The van der Waals surface area contributed by atoms with Gasteiger partial charge in [0, 0.05) is 10.9 Å². The highest BCUT2D eigenvalue weighted by Gasteiger charge is 2.27. The van der Waals surface area contributed by atoms with Crippen molar-refractivity contribution in [2.75, 3.05) is 13.1 Å². The molecule has 0 saturated heterocycles. The van der Waals surface area contributed by atoms with Crippen molar-refractivity contribution in [2.24, 2.45) is 11.7 Å².